The summed E-state index contributed by atoms with van der Waals surface area (Å²) in [6.45, 7) is 11.4. The monoisotopic (exact) mass is 240 g/mol. The minimum atomic E-state index is -0.253. The Kier molecular flexibility index (Phi) is 3.10. The first-order valence-electron chi connectivity index (χ1n) is 6.53. The molecule has 0 aromatic carbocycles. The molecule has 0 spiro atoms. The van der Waals surface area contributed by atoms with E-state index in [0.717, 1.165) is 25.9 Å². The van der Waals surface area contributed by atoms with E-state index in [2.05, 4.69) is 27.7 Å². The number of hydrogen-bond acceptors (Lipinski definition) is 2. The van der Waals surface area contributed by atoms with Crippen LogP contribution in [0.5, 0.6) is 0 Å². The number of ether oxygens (including phenoxy) is 1. The van der Waals surface area contributed by atoms with Gasteiger partial charge in [0, 0.05) is 13.1 Å². The van der Waals surface area contributed by atoms with Crippen LogP contribution in [0.25, 0.3) is 0 Å². The molecule has 0 aromatic rings. The van der Waals surface area contributed by atoms with Gasteiger partial charge in [-0.05, 0) is 40.5 Å². The van der Waals surface area contributed by atoms with Crippen LogP contribution in [0.4, 0.5) is 4.79 Å². The molecule has 0 unspecified atom stereocenters. The highest BCUT2D eigenvalue weighted by Gasteiger charge is 2.41. The van der Waals surface area contributed by atoms with Gasteiger partial charge in [0.05, 0.1) is 24.3 Å². The molecule has 98 valence electrons. The second-order valence-corrected chi connectivity index (χ2v) is 6.45. The standard InChI is InChI=1S/C13H24N2O2/c1-12(2)9-15(10-13(3,4)17-12)11(16)14-7-5-6-8-14/h5-10H2,1-4H3. The predicted molar refractivity (Wildman–Crippen MR) is 67.0 cm³/mol. The number of amides is 2. The molecule has 2 aliphatic heterocycles. The van der Waals surface area contributed by atoms with Crippen molar-refractivity contribution in [3.8, 4) is 0 Å². The molecule has 2 aliphatic rings. The molecule has 4 nitrogen and oxygen atoms in total. The summed E-state index contributed by atoms with van der Waals surface area (Å²) in [6.07, 6.45) is 2.28. The van der Waals surface area contributed by atoms with Gasteiger partial charge in [-0.3, -0.25) is 0 Å². The molecule has 0 N–H and O–H groups in total. The van der Waals surface area contributed by atoms with Gasteiger partial charge in [0.1, 0.15) is 0 Å². The van der Waals surface area contributed by atoms with E-state index in [0.29, 0.717) is 13.1 Å². The van der Waals surface area contributed by atoms with Gasteiger partial charge in [-0.15, -0.1) is 0 Å². The summed E-state index contributed by atoms with van der Waals surface area (Å²) in [5.74, 6) is 0. The zero-order valence-electron chi connectivity index (χ0n) is 11.5. The molecule has 0 radical (unpaired) electrons. The molecule has 0 aromatic heterocycles. The van der Waals surface area contributed by atoms with Crippen LogP contribution in [0.15, 0.2) is 0 Å². The Balaban J connectivity index is 2.07. The SMILES string of the molecule is CC1(C)CN(C(=O)N2CCCC2)CC(C)(C)O1. The molecule has 2 saturated heterocycles. The maximum absolute atomic E-state index is 12.4. The van der Waals surface area contributed by atoms with Crippen molar-refractivity contribution in [1.29, 1.82) is 0 Å². The lowest BCUT2D eigenvalue weighted by Crippen LogP contribution is -2.60. The third-order valence-corrected chi connectivity index (χ3v) is 3.34. The maximum atomic E-state index is 12.4. The van der Waals surface area contributed by atoms with Crippen LogP contribution in [-0.4, -0.2) is 53.2 Å². The maximum Gasteiger partial charge on any atom is 0.320 e. The van der Waals surface area contributed by atoms with Crippen LogP contribution in [0.2, 0.25) is 0 Å². The number of nitrogens with zero attached hydrogens (tertiary/aromatic N) is 2. The van der Waals surface area contributed by atoms with Crippen molar-refractivity contribution < 1.29 is 9.53 Å². The molecular formula is C13H24N2O2. The van der Waals surface area contributed by atoms with Crippen LogP contribution in [0.1, 0.15) is 40.5 Å². The van der Waals surface area contributed by atoms with Crippen molar-refractivity contribution in [3.05, 3.63) is 0 Å². The van der Waals surface area contributed by atoms with E-state index in [1.54, 1.807) is 0 Å². The Morgan fingerprint density at radius 3 is 1.88 bits per heavy atom. The Labute approximate surface area is 104 Å². The lowest BCUT2D eigenvalue weighted by molar-refractivity contribution is -0.171. The van der Waals surface area contributed by atoms with Crippen molar-refractivity contribution >= 4 is 6.03 Å². The van der Waals surface area contributed by atoms with E-state index >= 15 is 0 Å². The second-order valence-electron chi connectivity index (χ2n) is 6.45. The highest BCUT2D eigenvalue weighted by atomic mass is 16.5. The minimum Gasteiger partial charge on any atom is -0.366 e. The Bertz CT molecular complexity index is 291. The van der Waals surface area contributed by atoms with Crippen LogP contribution in [0, 0.1) is 0 Å². The first-order valence-corrected chi connectivity index (χ1v) is 6.53. The number of carbonyl (C=O) groups excluding carboxylic acids is 1. The highest BCUT2D eigenvalue weighted by Crippen LogP contribution is 2.29. The van der Waals surface area contributed by atoms with Crippen molar-refractivity contribution in [3.63, 3.8) is 0 Å². The van der Waals surface area contributed by atoms with Gasteiger partial charge in [-0.25, -0.2) is 4.79 Å². The molecular weight excluding hydrogens is 216 g/mol. The quantitative estimate of drug-likeness (QED) is 0.649. The van der Waals surface area contributed by atoms with Gasteiger partial charge in [-0.1, -0.05) is 0 Å². The first-order chi connectivity index (χ1) is 7.79. The average molecular weight is 240 g/mol. The van der Waals surface area contributed by atoms with Gasteiger partial charge in [0.2, 0.25) is 0 Å². The molecule has 0 saturated carbocycles. The van der Waals surface area contributed by atoms with E-state index in [4.69, 9.17) is 4.74 Å². The fourth-order valence-corrected chi connectivity index (χ4v) is 3.03. The van der Waals surface area contributed by atoms with Gasteiger partial charge in [0.15, 0.2) is 0 Å². The Morgan fingerprint density at radius 1 is 0.941 bits per heavy atom. The van der Waals surface area contributed by atoms with Gasteiger partial charge in [0.25, 0.3) is 0 Å². The molecule has 2 heterocycles. The fourth-order valence-electron chi connectivity index (χ4n) is 3.03. The molecule has 0 bridgehead atoms. The van der Waals surface area contributed by atoms with Gasteiger partial charge < -0.3 is 14.5 Å². The lowest BCUT2D eigenvalue weighted by atomic mass is 9.99. The van der Waals surface area contributed by atoms with E-state index in [-0.39, 0.29) is 17.2 Å². The van der Waals surface area contributed by atoms with Crippen LogP contribution in [0.3, 0.4) is 0 Å². The van der Waals surface area contributed by atoms with E-state index in [9.17, 15) is 4.79 Å². The van der Waals surface area contributed by atoms with Gasteiger partial charge in [-0.2, -0.15) is 0 Å². The topological polar surface area (TPSA) is 32.8 Å². The zero-order chi connectivity index (χ0) is 12.7. The predicted octanol–water partition coefficient (Wildman–Crippen LogP) is 2.09. The molecule has 0 aliphatic carbocycles. The number of morpholine rings is 1. The van der Waals surface area contributed by atoms with Crippen LogP contribution >= 0.6 is 0 Å². The van der Waals surface area contributed by atoms with Crippen molar-refractivity contribution in [2.75, 3.05) is 26.2 Å². The van der Waals surface area contributed by atoms with Gasteiger partial charge >= 0.3 is 6.03 Å². The molecule has 2 rings (SSSR count). The number of carbonyl (C=O) groups is 1. The first kappa shape index (κ1) is 12.7. The largest absolute Gasteiger partial charge is 0.366 e. The van der Waals surface area contributed by atoms with Crippen molar-refractivity contribution in [2.24, 2.45) is 0 Å². The minimum absolute atomic E-state index is 0.187. The fraction of sp³-hybridized carbons (Fsp3) is 0.923. The van der Waals surface area contributed by atoms with Crippen molar-refractivity contribution in [2.45, 2.75) is 51.7 Å². The van der Waals surface area contributed by atoms with Crippen molar-refractivity contribution in [1.82, 2.24) is 9.80 Å². The summed E-state index contributed by atoms with van der Waals surface area (Å²) in [5, 5.41) is 0. The molecule has 17 heavy (non-hydrogen) atoms. The zero-order valence-corrected chi connectivity index (χ0v) is 11.5. The summed E-state index contributed by atoms with van der Waals surface area (Å²) in [5.41, 5.74) is -0.506. The summed E-state index contributed by atoms with van der Waals surface area (Å²) < 4.78 is 5.99. The number of likely N-dealkylation sites (tertiary alicyclic amines) is 1. The number of urea groups is 1. The molecule has 2 amide bonds. The normalized spacial score (nSPS) is 27.3. The van der Waals surface area contributed by atoms with E-state index in [1.165, 1.54) is 0 Å². The molecule has 0 atom stereocenters. The summed E-state index contributed by atoms with van der Waals surface area (Å²) in [4.78, 5) is 16.3. The van der Waals surface area contributed by atoms with E-state index in [1.807, 2.05) is 9.80 Å². The van der Waals surface area contributed by atoms with Crippen LogP contribution in [-0.2, 0) is 4.74 Å². The second kappa shape index (κ2) is 4.16. The summed E-state index contributed by atoms with van der Waals surface area (Å²) in [6, 6.07) is 0.187. The highest BCUT2D eigenvalue weighted by molar-refractivity contribution is 5.75. The third kappa shape index (κ3) is 2.92. The third-order valence-electron chi connectivity index (χ3n) is 3.34. The lowest BCUT2D eigenvalue weighted by Gasteiger charge is -2.47. The van der Waals surface area contributed by atoms with E-state index < -0.39 is 0 Å². The summed E-state index contributed by atoms with van der Waals surface area (Å²) >= 11 is 0. The number of hydrogen-bond donors (Lipinski definition) is 0. The smallest absolute Gasteiger partial charge is 0.320 e. The Hall–Kier alpha value is -0.770. The molecule has 2 fully saturated rings. The summed E-state index contributed by atoms with van der Waals surface area (Å²) in [7, 11) is 0. The Morgan fingerprint density at radius 2 is 1.41 bits per heavy atom. The number of rotatable bonds is 0. The average Bonchev–Trinajstić information content (AvgIpc) is 2.63. The molecule has 4 heteroatoms. The van der Waals surface area contributed by atoms with Crippen LogP contribution < -0.4 is 0 Å².